The highest BCUT2D eigenvalue weighted by Crippen LogP contribution is 2.32. The van der Waals surface area contributed by atoms with Crippen LogP contribution in [0.2, 0.25) is 0 Å². The molecule has 1 aliphatic heterocycles. The van der Waals surface area contributed by atoms with Gasteiger partial charge in [0.15, 0.2) is 0 Å². The second-order valence-corrected chi connectivity index (χ2v) is 3.19. The van der Waals surface area contributed by atoms with Gasteiger partial charge in [0.1, 0.15) is 0 Å². The second-order valence-electron chi connectivity index (χ2n) is 3.19. The van der Waals surface area contributed by atoms with Crippen LogP contribution in [-0.2, 0) is 4.74 Å². The summed E-state index contributed by atoms with van der Waals surface area (Å²) in [4.78, 5) is 0. The van der Waals surface area contributed by atoms with E-state index in [9.17, 15) is 0 Å². The Balaban J connectivity index is 2.15. The lowest BCUT2D eigenvalue weighted by Crippen LogP contribution is -2.13. The summed E-state index contributed by atoms with van der Waals surface area (Å²) >= 11 is 0. The molecule has 72 valence electrons. The van der Waals surface area contributed by atoms with E-state index in [1.807, 2.05) is 0 Å². The van der Waals surface area contributed by atoms with E-state index >= 15 is 0 Å². The zero-order chi connectivity index (χ0) is 9.26. The first-order chi connectivity index (χ1) is 6.31. The zero-order valence-electron chi connectivity index (χ0n) is 7.56. The van der Waals surface area contributed by atoms with Crippen LogP contribution < -0.4 is 5.73 Å². The number of ether oxygens (including phenoxy) is 1. The Hall–Kier alpha value is -1.10. The maximum absolute atomic E-state index is 5.51. The summed E-state index contributed by atoms with van der Waals surface area (Å²) in [5.41, 5.74) is 5.35. The molecule has 1 aromatic heterocycles. The van der Waals surface area contributed by atoms with Gasteiger partial charge in [-0.1, -0.05) is 12.0 Å². The number of rotatable bonds is 2. The maximum atomic E-state index is 5.51. The van der Waals surface area contributed by atoms with Crippen LogP contribution in [-0.4, -0.2) is 22.9 Å². The molecular weight excluding hydrogens is 170 g/mol. The maximum Gasteiger partial charge on any atom is 0.312 e. The Kier molecular flexibility index (Phi) is 2.18. The zero-order valence-corrected chi connectivity index (χ0v) is 7.56. The minimum absolute atomic E-state index is 0.136. The molecule has 5 heteroatoms. The number of aromatic nitrogens is 2. The van der Waals surface area contributed by atoms with E-state index in [4.69, 9.17) is 14.9 Å². The Bertz CT molecular complexity index is 287. The van der Waals surface area contributed by atoms with Crippen molar-refractivity contribution in [2.24, 2.45) is 0 Å². The average molecular weight is 183 g/mol. The summed E-state index contributed by atoms with van der Waals surface area (Å²) in [6, 6.07) is 0.136. The van der Waals surface area contributed by atoms with Gasteiger partial charge in [-0.3, -0.25) is 0 Å². The van der Waals surface area contributed by atoms with Gasteiger partial charge < -0.3 is 14.9 Å². The molecule has 1 aromatic rings. The van der Waals surface area contributed by atoms with Gasteiger partial charge in [0.25, 0.3) is 0 Å². The fourth-order valence-electron chi connectivity index (χ4n) is 1.73. The molecule has 2 unspecified atom stereocenters. The fraction of sp³-hybridized carbons (Fsp3) is 0.750. The van der Waals surface area contributed by atoms with Crippen LogP contribution in [0.4, 0.5) is 6.01 Å². The van der Waals surface area contributed by atoms with Gasteiger partial charge in [0.2, 0.25) is 5.89 Å². The fourth-order valence-corrected chi connectivity index (χ4v) is 1.73. The Morgan fingerprint density at radius 2 is 2.38 bits per heavy atom. The van der Waals surface area contributed by atoms with E-state index in [1.165, 1.54) is 0 Å². The molecule has 2 heterocycles. The van der Waals surface area contributed by atoms with Crippen LogP contribution in [0.25, 0.3) is 0 Å². The van der Waals surface area contributed by atoms with Crippen molar-refractivity contribution >= 4 is 6.01 Å². The van der Waals surface area contributed by atoms with Crippen molar-refractivity contribution in [3.63, 3.8) is 0 Å². The number of hydrogen-bond acceptors (Lipinski definition) is 5. The third-order valence-corrected chi connectivity index (χ3v) is 2.39. The molecule has 0 aliphatic carbocycles. The standard InChI is InChI=1S/C8H13N3O2/c1-2-6-5(3-4-12-6)7-10-11-8(9)13-7/h5-6H,2-4H2,1H3,(H2,9,11). The lowest BCUT2D eigenvalue weighted by atomic mass is 10.00. The molecule has 0 aromatic carbocycles. The van der Waals surface area contributed by atoms with Crippen LogP contribution in [0.3, 0.4) is 0 Å². The lowest BCUT2D eigenvalue weighted by Gasteiger charge is -2.11. The first-order valence-corrected chi connectivity index (χ1v) is 4.51. The number of nitrogen functional groups attached to an aromatic ring is 1. The molecule has 1 fully saturated rings. The van der Waals surface area contributed by atoms with Gasteiger partial charge in [0, 0.05) is 6.61 Å². The number of anilines is 1. The Morgan fingerprint density at radius 3 is 3.00 bits per heavy atom. The molecule has 2 rings (SSSR count). The number of nitrogens with zero attached hydrogens (tertiary/aromatic N) is 2. The molecule has 0 bridgehead atoms. The summed E-state index contributed by atoms with van der Waals surface area (Å²) in [6.07, 6.45) is 2.12. The Labute approximate surface area is 76.3 Å². The van der Waals surface area contributed by atoms with Crippen LogP contribution >= 0.6 is 0 Å². The summed E-state index contributed by atoms with van der Waals surface area (Å²) in [5, 5.41) is 7.51. The minimum Gasteiger partial charge on any atom is -0.408 e. The molecule has 5 nitrogen and oxygen atoms in total. The van der Waals surface area contributed by atoms with Crippen molar-refractivity contribution < 1.29 is 9.15 Å². The highest BCUT2D eigenvalue weighted by molar-refractivity contribution is 5.08. The predicted octanol–water partition coefficient (Wildman–Crippen LogP) is 0.934. The smallest absolute Gasteiger partial charge is 0.312 e. The SMILES string of the molecule is CCC1OCCC1c1nnc(N)o1. The van der Waals surface area contributed by atoms with Crippen LogP contribution in [0, 0.1) is 0 Å². The first kappa shape index (κ1) is 8.50. The van der Waals surface area contributed by atoms with Crippen LogP contribution in [0.5, 0.6) is 0 Å². The topological polar surface area (TPSA) is 74.2 Å². The highest BCUT2D eigenvalue weighted by Gasteiger charge is 2.32. The lowest BCUT2D eigenvalue weighted by molar-refractivity contribution is 0.0966. The highest BCUT2D eigenvalue weighted by atomic mass is 16.5. The molecule has 0 saturated carbocycles. The molecule has 1 saturated heterocycles. The van der Waals surface area contributed by atoms with E-state index in [0.717, 1.165) is 19.4 Å². The molecule has 2 N–H and O–H groups in total. The second kappa shape index (κ2) is 3.33. The van der Waals surface area contributed by atoms with E-state index in [2.05, 4.69) is 17.1 Å². The third kappa shape index (κ3) is 1.51. The van der Waals surface area contributed by atoms with Crippen molar-refractivity contribution in [2.45, 2.75) is 31.8 Å². The van der Waals surface area contributed by atoms with Gasteiger partial charge in [-0.2, -0.15) is 0 Å². The van der Waals surface area contributed by atoms with Crippen molar-refractivity contribution in [3.05, 3.63) is 5.89 Å². The molecule has 0 spiro atoms. The molecule has 13 heavy (non-hydrogen) atoms. The molecule has 2 atom stereocenters. The van der Waals surface area contributed by atoms with Gasteiger partial charge >= 0.3 is 6.01 Å². The van der Waals surface area contributed by atoms with Gasteiger partial charge in [-0.15, -0.1) is 5.10 Å². The van der Waals surface area contributed by atoms with Gasteiger partial charge in [0.05, 0.1) is 12.0 Å². The normalized spacial score (nSPS) is 28.1. The predicted molar refractivity (Wildman–Crippen MR) is 46.1 cm³/mol. The van der Waals surface area contributed by atoms with E-state index in [-0.39, 0.29) is 18.0 Å². The molecule has 0 amide bonds. The van der Waals surface area contributed by atoms with Crippen molar-refractivity contribution in [1.29, 1.82) is 0 Å². The minimum atomic E-state index is 0.136. The average Bonchev–Trinajstić information content (AvgIpc) is 2.71. The number of nitrogens with two attached hydrogens (primary N) is 1. The van der Waals surface area contributed by atoms with E-state index < -0.39 is 0 Å². The molecule has 1 aliphatic rings. The van der Waals surface area contributed by atoms with E-state index in [0.29, 0.717) is 5.89 Å². The van der Waals surface area contributed by atoms with E-state index in [1.54, 1.807) is 0 Å². The van der Waals surface area contributed by atoms with Crippen molar-refractivity contribution in [2.75, 3.05) is 12.3 Å². The van der Waals surface area contributed by atoms with Gasteiger partial charge in [-0.25, -0.2) is 0 Å². The summed E-state index contributed by atoms with van der Waals surface area (Å²) in [6.45, 7) is 2.86. The Morgan fingerprint density at radius 1 is 1.54 bits per heavy atom. The van der Waals surface area contributed by atoms with Gasteiger partial charge in [-0.05, 0) is 12.8 Å². The van der Waals surface area contributed by atoms with Crippen molar-refractivity contribution in [3.8, 4) is 0 Å². The summed E-state index contributed by atoms with van der Waals surface area (Å²) in [7, 11) is 0. The monoisotopic (exact) mass is 183 g/mol. The summed E-state index contributed by atoms with van der Waals surface area (Å²) in [5.74, 6) is 0.844. The number of hydrogen-bond donors (Lipinski definition) is 1. The largest absolute Gasteiger partial charge is 0.408 e. The van der Waals surface area contributed by atoms with Crippen LogP contribution in [0.1, 0.15) is 31.6 Å². The van der Waals surface area contributed by atoms with Crippen molar-refractivity contribution in [1.82, 2.24) is 10.2 Å². The third-order valence-electron chi connectivity index (χ3n) is 2.39. The quantitative estimate of drug-likeness (QED) is 0.738. The van der Waals surface area contributed by atoms with Crippen LogP contribution in [0.15, 0.2) is 4.42 Å². The first-order valence-electron chi connectivity index (χ1n) is 4.51. The summed E-state index contributed by atoms with van der Waals surface area (Å²) < 4.78 is 10.7. The molecular formula is C8H13N3O2. The molecule has 0 radical (unpaired) electrons.